The number of hydrogen-bond acceptors (Lipinski definition) is 2. The van der Waals surface area contributed by atoms with Gasteiger partial charge in [-0.05, 0) is 35.9 Å². The van der Waals surface area contributed by atoms with Crippen LogP contribution in [0.1, 0.15) is 11.5 Å². The Morgan fingerprint density at radius 2 is 1.36 bits per heavy atom. The zero-order valence-electron chi connectivity index (χ0n) is 17.7. The van der Waals surface area contributed by atoms with Crippen molar-refractivity contribution in [3.8, 4) is 5.69 Å². The zero-order chi connectivity index (χ0) is 21.9. The largest absolute Gasteiger partial charge is 0.422 e. The highest BCUT2D eigenvalue weighted by Gasteiger charge is 2.19. The Kier molecular flexibility index (Phi) is 3.76. The molecule has 6 aromatic rings. The number of hydrogen-bond donors (Lipinski definition) is 0. The summed E-state index contributed by atoms with van der Waals surface area (Å²) >= 11 is 0. The summed E-state index contributed by atoms with van der Waals surface area (Å²) in [4.78, 5) is 13.0. The Labute approximate surface area is 189 Å². The van der Waals surface area contributed by atoms with Gasteiger partial charge in [0.05, 0.1) is 22.1 Å². The van der Waals surface area contributed by atoms with Gasteiger partial charge in [0.25, 0.3) is 0 Å². The van der Waals surface area contributed by atoms with Gasteiger partial charge in [0.15, 0.2) is 0 Å². The minimum absolute atomic E-state index is 0.229. The summed E-state index contributed by atoms with van der Waals surface area (Å²) in [6.45, 7) is 0. The number of aromatic nitrogens is 1. The number of rotatable bonds is 2. The maximum atomic E-state index is 13.0. The first-order valence-electron chi connectivity index (χ1n) is 11.1. The van der Waals surface area contributed by atoms with Crippen molar-refractivity contribution in [1.29, 1.82) is 0 Å². The fraction of sp³-hybridized carbons (Fsp3) is 0.0333. The lowest BCUT2D eigenvalue weighted by molar-refractivity contribution is 0.570. The molecule has 1 aliphatic carbocycles. The minimum atomic E-state index is -0.308. The molecule has 3 nitrogen and oxygen atoms in total. The molecule has 0 radical (unpaired) electrons. The molecule has 0 saturated heterocycles. The van der Waals surface area contributed by atoms with E-state index in [9.17, 15) is 4.79 Å². The molecule has 0 N–H and O–H groups in total. The molecule has 0 bridgehead atoms. The van der Waals surface area contributed by atoms with Crippen molar-refractivity contribution in [2.75, 3.05) is 0 Å². The van der Waals surface area contributed by atoms with Gasteiger partial charge in [0.2, 0.25) is 0 Å². The Balaban J connectivity index is 1.66. The highest BCUT2D eigenvalue weighted by Crippen LogP contribution is 2.38. The molecule has 156 valence electrons. The van der Waals surface area contributed by atoms with Crippen LogP contribution in [0.4, 0.5) is 0 Å². The van der Waals surface area contributed by atoms with Crippen molar-refractivity contribution >= 4 is 43.5 Å². The van der Waals surface area contributed by atoms with Gasteiger partial charge in [-0.1, -0.05) is 78.9 Å². The third-order valence-electron chi connectivity index (χ3n) is 6.70. The second-order valence-electron chi connectivity index (χ2n) is 8.51. The average molecular weight is 425 g/mol. The Bertz CT molecular complexity index is 1840. The van der Waals surface area contributed by atoms with Crippen LogP contribution in [0.15, 0.2) is 118 Å². The van der Waals surface area contributed by atoms with Gasteiger partial charge in [-0.15, -0.1) is 0 Å². The summed E-state index contributed by atoms with van der Waals surface area (Å²) in [5.41, 5.74) is 4.78. The summed E-state index contributed by atoms with van der Waals surface area (Å²) in [5.74, 6) is 0.229. The van der Waals surface area contributed by atoms with Gasteiger partial charge in [-0.3, -0.25) is 0 Å². The number of nitrogens with zero attached hydrogens (tertiary/aromatic N) is 1. The van der Waals surface area contributed by atoms with Crippen LogP contribution < -0.4 is 5.63 Å². The maximum Gasteiger partial charge on any atom is 0.344 e. The van der Waals surface area contributed by atoms with Crippen LogP contribution in [0.5, 0.6) is 0 Å². The molecule has 33 heavy (non-hydrogen) atoms. The molecule has 2 heterocycles. The van der Waals surface area contributed by atoms with Crippen LogP contribution in [0.3, 0.4) is 0 Å². The van der Waals surface area contributed by atoms with Gasteiger partial charge in [-0.25, -0.2) is 4.79 Å². The van der Waals surface area contributed by atoms with Gasteiger partial charge >= 0.3 is 5.63 Å². The van der Waals surface area contributed by atoms with E-state index in [1.54, 1.807) is 0 Å². The van der Waals surface area contributed by atoms with Crippen LogP contribution in [0.2, 0.25) is 0 Å². The van der Waals surface area contributed by atoms with Crippen molar-refractivity contribution in [2.45, 2.75) is 5.92 Å². The molecule has 0 unspecified atom stereocenters. The van der Waals surface area contributed by atoms with Crippen LogP contribution >= 0.6 is 0 Å². The molecule has 0 aliphatic heterocycles. The first-order chi connectivity index (χ1) is 16.3. The van der Waals surface area contributed by atoms with Crippen LogP contribution in [0, 0.1) is 0 Å². The molecule has 4 aromatic carbocycles. The van der Waals surface area contributed by atoms with Crippen LogP contribution in [-0.2, 0) is 0 Å². The monoisotopic (exact) mass is 425 g/mol. The van der Waals surface area contributed by atoms with Gasteiger partial charge < -0.3 is 8.98 Å². The Morgan fingerprint density at radius 3 is 2.24 bits per heavy atom. The van der Waals surface area contributed by atoms with Crippen LogP contribution in [-0.4, -0.2) is 4.57 Å². The summed E-state index contributed by atoms with van der Waals surface area (Å²) < 4.78 is 7.95. The predicted molar refractivity (Wildman–Crippen MR) is 135 cm³/mol. The van der Waals surface area contributed by atoms with E-state index in [0.29, 0.717) is 11.0 Å². The van der Waals surface area contributed by atoms with Crippen molar-refractivity contribution in [1.82, 2.24) is 4.57 Å². The number of fused-ring (bicyclic) bond motifs is 6. The van der Waals surface area contributed by atoms with Crippen molar-refractivity contribution < 1.29 is 4.42 Å². The van der Waals surface area contributed by atoms with E-state index in [2.05, 4.69) is 83.5 Å². The van der Waals surface area contributed by atoms with E-state index < -0.39 is 0 Å². The molecule has 0 fully saturated rings. The number of benzene rings is 4. The highest BCUT2D eigenvalue weighted by atomic mass is 16.4. The summed E-state index contributed by atoms with van der Waals surface area (Å²) in [6, 6.07) is 28.8. The molecule has 0 amide bonds. The molecule has 0 atom stereocenters. The van der Waals surface area contributed by atoms with Crippen molar-refractivity contribution in [2.24, 2.45) is 0 Å². The predicted octanol–water partition coefficient (Wildman–Crippen LogP) is 7.25. The second kappa shape index (κ2) is 6.81. The lowest BCUT2D eigenvalue weighted by atomic mass is 9.98. The Morgan fingerprint density at radius 1 is 0.636 bits per heavy atom. The first kappa shape index (κ1) is 18.2. The zero-order valence-corrected chi connectivity index (χ0v) is 17.7. The SMILES string of the molecule is O=c1oc2ccccc2c2cc3c4ccccc4n(-c4ccccc4C4C=CC=C4)c3cc12. The molecule has 2 aromatic heterocycles. The van der Waals surface area contributed by atoms with E-state index in [-0.39, 0.29) is 11.5 Å². The van der Waals surface area contributed by atoms with Crippen LogP contribution in [0.25, 0.3) is 49.2 Å². The molecule has 3 heteroatoms. The van der Waals surface area contributed by atoms with E-state index >= 15 is 0 Å². The maximum absolute atomic E-state index is 13.0. The third-order valence-corrected chi connectivity index (χ3v) is 6.70. The molecule has 7 rings (SSSR count). The molecule has 1 aliphatic rings. The van der Waals surface area contributed by atoms with Gasteiger partial charge in [0.1, 0.15) is 5.58 Å². The summed E-state index contributed by atoms with van der Waals surface area (Å²) in [7, 11) is 0. The summed E-state index contributed by atoms with van der Waals surface area (Å²) in [6.07, 6.45) is 8.61. The standard InChI is InChI=1S/C30H19NO2/c32-30-25-18-28-24(17-23(25)22-13-5-8-16-29(22)33-30)21-12-4-7-15-27(21)31(28)26-14-6-3-11-20(26)19-9-1-2-10-19/h1-19H. The van der Waals surface area contributed by atoms with Crippen molar-refractivity contribution in [3.63, 3.8) is 0 Å². The number of para-hydroxylation sites is 3. The van der Waals surface area contributed by atoms with Gasteiger partial charge in [0, 0.05) is 27.5 Å². The van der Waals surface area contributed by atoms with E-state index in [4.69, 9.17) is 4.42 Å². The van der Waals surface area contributed by atoms with Crippen molar-refractivity contribution in [3.05, 3.63) is 125 Å². The third kappa shape index (κ3) is 2.60. The Hall–Kier alpha value is -4.37. The van der Waals surface area contributed by atoms with Gasteiger partial charge in [-0.2, -0.15) is 0 Å². The molecule has 0 spiro atoms. The highest BCUT2D eigenvalue weighted by molar-refractivity contribution is 6.17. The smallest absolute Gasteiger partial charge is 0.344 e. The first-order valence-corrected chi connectivity index (χ1v) is 11.1. The van der Waals surface area contributed by atoms with E-state index in [1.165, 1.54) is 10.9 Å². The van der Waals surface area contributed by atoms with E-state index in [1.807, 2.05) is 30.3 Å². The summed E-state index contributed by atoms with van der Waals surface area (Å²) in [5, 5.41) is 4.77. The molecular formula is C30H19NO2. The topological polar surface area (TPSA) is 35.1 Å². The minimum Gasteiger partial charge on any atom is -0.422 e. The molecular weight excluding hydrogens is 406 g/mol. The number of allylic oxidation sites excluding steroid dienone is 4. The average Bonchev–Trinajstić information content (AvgIpc) is 3.50. The fourth-order valence-corrected chi connectivity index (χ4v) is 5.21. The second-order valence-corrected chi connectivity index (χ2v) is 8.51. The lowest BCUT2D eigenvalue weighted by Crippen LogP contribution is -2.03. The normalized spacial score (nSPS) is 13.8. The quantitative estimate of drug-likeness (QED) is 0.216. The van der Waals surface area contributed by atoms with E-state index in [0.717, 1.165) is 32.9 Å². The lowest BCUT2D eigenvalue weighted by Gasteiger charge is -2.16. The molecule has 0 saturated carbocycles. The fourth-order valence-electron chi connectivity index (χ4n) is 5.21.